The summed E-state index contributed by atoms with van der Waals surface area (Å²) in [6.07, 6.45) is 0.396. The molecule has 1 N–H and O–H groups in total. The Hall–Kier alpha value is -3.52. The van der Waals surface area contributed by atoms with Crippen molar-refractivity contribution in [2.45, 2.75) is 19.4 Å². The molecule has 2 aliphatic rings. The number of ether oxygens (including phenoxy) is 1. The van der Waals surface area contributed by atoms with Crippen molar-refractivity contribution in [2.24, 2.45) is 0 Å². The van der Waals surface area contributed by atoms with Crippen molar-refractivity contribution >= 4 is 39.9 Å². The molecule has 5 rings (SSSR count). The third-order valence-electron chi connectivity index (χ3n) is 4.84. The molecule has 29 heavy (non-hydrogen) atoms. The van der Waals surface area contributed by atoms with E-state index in [1.165, 1.54) is 11.3 Å². The largest absolute Gasteiger partial charge is 0.487 e. The molecule has 3 aromatic rings. The predicted octanol–water partition coefficient (Wildman–Crippen LogP) is 3.61. The van der Waals surface area contributed by atoms with E-state index in [0.29, 0.717) is 23.0 Å². The third kappa shape index (κ3) is 3.07. The van der Waals surface area contributed by atoms with E-state index >= 15 is 0 Å². The summed E-state index contributed by atoms with van der Waals surface area (Å²) in [5, 5.41) is 3.28. The van der Waals surface area contributed by atoms with Crippen LogP contribution in [0.25, 0.3) is 11.3 Å². The van der Waals surface area contributed by atoms with Crippen LogP contribution in [0.2, 0.25) is 0 Å². The predicted molar refractivity (Wildman–Crippen MR) is 108 cm³/mol. The fraction of sp³-hybridized carbons (Fsp3) is 0.143. The van der Waals surface area contributed by atoms with Crippen LogP contribution in [0.3, 0.4) is 0 Å². The Bertz CT molecular complexity index is 1150. The standard InChI is InChI=1S/C21H15N3O4S/c25-17-8-9-18(26)24(17)13-5-3-4-12(10-13)20(27)23-21-22-19-14-6-1-2-7-15(14)28-11-16(19)29-21/h1-7,10H,8-9,11H2,(H,22,23,27). The van der Waals surface area contributed by atoms with E-state index in [9.17, 15) is 14.4 Å². The highest BCUT2D eigenvalue weighted by Crippen LogP contribution is 2.40. The van der Waals surface area contributed by atoms with Gasteiger partial charge in [-0.25, -0.2) is 4.98 Å². The number of benzene rings is 2. The van der Waals surface area contributed by atoms with Gasteiger partial charge in [0.15, 0.2) is 5.13 Å². The maximum atomic E-state index is 12.7. The van der Waals surface area contributed by atoms with E-state index < -0.39 is 0 Å². The number of amides is 3. The summed E-state index contributed by atoms with van der Waals surface area (Å²) in [6, 6.07) is 14.1. The second kappa shape index (κ2) is 6.82. The van der Waals surface area contributed by atoms with Gasteiger partial charge in [0, 0.05) is 24.0 Å². The Morgan fingerprint density at radius 2 is 1.86 bits per heavy atom. The summed E-state index contributed by atoms with van der Waals surface area (Å²) >= 11 is 1.37. The van der Waals surface area contributed by atoms with Crippen LogP contribution >= 0.6 is 11.3 Å². The Balaban J connectivity index is 1.40. The zero-order valence-electron chi connectivity index (χ0n) is 15.2. The van der Waals surface area contributed by atoms with Crippen LogP contribution in [-0.2, 0) is 16.2 Å². The molecule has 7 nitrogen and oxygen atoms in total. The van der Waals surface area contributed by atoms with Gasteiger partial charge in [-0.1, -0.05) is 29.5 Å². The molecular weight excluding hydrogens is 390 g/mol. The lowest BCUT2D eigenvalue weighted by Gasteiger charge is -2.15. The molecule has 0 unspecified atom stereocenters. The van der Waals surface area contributed by atoms with E-state index in [1.807, 2.05) is 24.3 Å². The van der Waals surface area contributed by atoms with Crippen LogP contribution in [0.4, 0.5) is 10.8 Å². The van der Waals surface area contributed by atoms with E-state index in [2.05, 4.69) is 10.3 Å². The molecule has 2 aliphatic heterocycles. The van der Waals surface area contributed by atoms with Crippen LogP contribution in [0.1, 0.15) is 28.1 Å². The second-order valence-electron chi connectivity index (χ2n) is 6.70. The maximum Gasteiger partial charge on any atom is 0.257 e. The number of fused-ring (bicyclic) bond motifs is 3. The number of carbonyl (C=O) groups is 3. The molecule has 0 radical (unpaired) electrons. The summed E-state index contributed by atoms with van der Waals surface area (Å²) in [5.74, 6) is -0.0836. The zero-order valence-corrected chi connectivity index (χ0v) is 16.0. The lowest BCUT2D eigenvalue weighted by Crippen LogP contribution is -2.28. The molecule has 0 aliphatic carbocycles. The van der Waals surface area contributed by atoms with Gasteiger partial charge in [-0.2, -0.15) is 0 Å². The van der Waals surface area contributed by atoms with Crippen molar-refractivity contribution in [1.82, 2.24) is 4.98 Å². The van der Waals surface area contributed by atoms with E-state index in [-0.39, 0.29) is 30.6 Å². The van der Waals surface area contributed by atoms with Gasteiger partial charge in [-0.05, 0) is 30.3 Å². The normalized spacial score (nSPS) is 15.0. The molecule has 1 fully saturated rings. The fourth-order valence-corrected chi connectivity index (χ4v) is 4.35. The van der Waals surface area contributed by atoms with Crippen LogP contribution in [0.15, 0.2) is 48.5 Å². The molecule has 0 saturated carbocycles. The van der Waals surface area contributed by atoms with Gasteiger partial charge in [0.25, 0.3) is 5.91 Å². The Morgan fingerprint density at radius 1 is 1.07 bits per heavy atom. The van der Waals surface area contributed by atoms with Crippen LogP contribution in [-0.4, -0.2) is 22.7 Å². The number of hydrogen-bond donors (Lipinski definition) is 1. The number of aromatic nitrogens is 1. The minimum absolute atomic E-state index is 0.198. The van der Waals surface area contributed by atoms with Crippen molar-refractivity contribution in [3.05, 3.63) is 59.0 Å². The molecule has 0 spiro atoms. The molecule has 0 bridgehead atoms. The number of hydrogen-bond acceptors (Lipinski definition) is 6. The SMILES string of the molecule is O=C(Nc1nc2c(s1)COc1ccccc1-2)c1cccc(N2C(=O)CCC2=O)c1. The number of nitrogens with one attached hydrogen (secondary N) is 1. The monoisotopic (exact) mass is 405 g/mol. The van der Waals surface area contributed by atoms with Gasteiger partial charge in [0.1, 0.15) is 12.4 Å². The van der Waals surface area contributed by atoms with E-state index in [4.69, 9.17) is 4.74 Å². The number of imide groups is 1. The summed E-state index contributed by atoms with van der Waals surface area (Å²) in [7, 11) is 0. The molecule has 2 aromatic carbocycles. The minimum Gasteiger partial charge on any atom is -0.487 e. The fourth-order valence-electron chi connectivity index (χ4n) is 3.46. The average Bonchev–Trinajstić information content (AvgIpc) is 3.30. The van der Waals surface area contributed by atoms with Gasteiger partial charge in [0.2, 0.25) is 11.8 Å². The highest BCUT2D eigenvalue weighted by atomic mass is 32.1. The van der Waals surface area contributed by atoms with Crippen LogP contribution in [0, 0.1) is 0 Å². The molecule has 144 valence electrons. The highest BCUT2D eigenvalue weighted by molar-refractivity contribution is 7.16. The number of carbonyl (C=O) groups excluding carboxylic acids is 3. The third-order valence-corrected chi connectivity index (χ3v) is 5.78. The molecule has 8 heteroatoms. The van der Waals surface area contributed by atoms with E-state index in [0.717, 1.165) is 26.8 Å². The first-order chi connectivity index (χ1) is 14.1. The van der Waals surface area contributed by atoms with Gasteiger partial charge in [-0.15, -0.1) is 0 Å². The van der Waals surface area contributed by atoms with Crippen molar-refractivity contribution in [2.75, 3.05) is 10.2 Å². The number of para-hydroxylation sites is 1. The number of thiazole rings is 1. The lowest BCUT2D eigenvalue weighted by molar-refractivity contribution is -0.121. The summed E-state index contributed by atoms with van der Waals surface area (Å²) in [6.45, 7) is 0.411. The van der Waals surface area contributed by atoms with Crippen molar-refractivity contribution in [1.29, 1.82) is 0 Å². The summed E-state index contributed by atoms with van der Waals surface area (Å²) in [4.78, 5) is 43.3. The Labute approximate surface area is 169 Å². The lowest BCUT2D eigenvalue weighted by atomic mass is 10.1. The number of anilines is 2. The molecule has 3 amide bonds. The van der Waals surface area contributed by atoms with E-state index in [1.54, 1.807) is 24.3 Å². The number of nitrogens with zero attached hydrogens (tertiary/aromatic N) is 2. The van der Waals surface area contributed by atoms with Crippen LogP contribution in [0.5, 0.6) is 5.75 Å². The van der Waals surface area contributed by atoms with Crippen LogP contribution < -0.4 is 15.0 Å². The quantitative estimate of drug-likeness (QED) is 0.673. The Morgan fingerprint density at radius 3 is 2.69 bits per heavy atom. The topological polar surface area (TPSA) is 88.6 Å². The first-order valence-corrected chi connectivity index (χ1v) is 9.91. The second-order valence-corrected chi connectivity index (χ2v) is 7.79. The van der Waals surface area contributed by atoms with Gasteiger partial charge in [-0.3, -0.25) is 24.6 Å². The molecule has 3 heterocycles. The van der Waals surface area contributed by atoms with Crippen molar-refractivity contribution < 1.29 is 19.1 Å². The highest BCUT2D eigenvalue weighted by Gasteiger charge is 2.30. The summed E-state index contributed by atoms with van der Waals surface area (Å²) < 4.78 is 5.73. The molecular formula is C21H15N3O4S. The van der Waals surface area contributed by atoms with Crippen molar-refractivity contribution in [3.8, 4) is 17.0 Å². The molecule has 1 saturated heterocycles. The van der Waals surface area contributed by atoms with Crippen molar-refractivity contribution in [3.63, 3.8) is 0 Å². The maximum absolute atomic E-state index is 12.7. The number of rotatable bonds is 3. The Kier molecular flexibility index (Phi) is 4.13. The average molecular weight is 405 g/mol. The first kappa shape index (κ1) is 17.6. The smallest absolute Gasteiger partial charge is 0.257 e. The molecule has 1 aromatic heterocycles. The zero-order chi connectivity index (χ0) is 20.0. The van der Waals surface area contributed by atoms with Gasteiger partial charge in [0.05, 0.1) is 16.3 Å². The van der Waals surface area contributed by atoms with Gasteiger partial charge >= 0.3 is 0 Å². The summed E-state index contributed by atoms with van der Waals surface area (Å²) in [5.41, 5.74) is 2.47. The van der Waals surface area contributed by atoms with Gasteiger partial charge < -0.3 is 4.74 Å². The first-order valence-electron chi connectivity index (χ1n) is 9.09. The molecule has 0 atom stereocenters. The minimum atomic E-state index is -0.355.